The van der Waals surface area contributed by atoms with Crippen LogP contribution in [-0.4, -0.2) is 71.7 Å². The van der Waals surface area contributed by atoms with E-state index in [-0.39, 0.29) is 30.7 Å². The highest BCUT2D eigenvalue weighted by Gasteiger charge is 2.38. The van der Waals surface area contributed by atoms with Gasteiger partial charge in [-0.15, -0.1) is 0 Å². The molecule has 33 heavy (non-hydrogen) atoms. The number of likely N-dealkylation sites (tertiary alicyclic amines) is 1. The van der Waals surface area contributed by atoms with E-state index < -0.39 is 0 Å². The lowest BCUT2D eigenvalue weighted by atomic mass is 9.77. The Bertz CT molecular complexity index is 933. The second kappa shape index (κ2) is 10.5. The maximum absolute atomic E-state index is 12.9. The SMILES string of the molecule is O=C(/C=C/c1ccc(Cl)c(Cl)c1)N1CCC(=O)N(CC(=O)N2CCC3(CCCC3)CC2)CC1. The molecule has 8 heteroatoms. The molecule has 0 radical (unpaired) electrons. The minimum atomic E-state index is -0.167. The predicted octanol–water partition coefficient (Wildman–Crippen LogP) is 4.25. The highest BCUT2D eigenvalue weighted by Crippen LogP contribution is 2.46. The fourth-order valence-corrected chi connectivity index (χ4v) is 5.57. The molecule has 2 saturated heterocycles. The van der Waals surface area contributed by atoms with Gasteiger partial charge < -0.3 is 14.7 Å². The van der Waals surface area contributed by atoms with Crippen molar-refractivity contribution in [3.05, 3.63) is 39.9 Å². The molecule has 0 aromatic heterocycles. The number of hydrogen-bond donors (Lipinski definition) is 0. The molecule has 2 heterocycles. The molecule has 6 nitrogen and oxygen atoms in total. The van der Waals surface area contributed by atoms with Crippen molar-refractivity contribution in [2.24, 2.45) is 5.41 Å². The van der Waals surface area contributed by atoms with Gasteiger partial charge in [-0.2, -0.15) is 0 Å². The minimum absolute atomic E-state index is 0.0236. The summed E-state index contributed by atoms with van der Waals surface area (Å²) in [5, 5.41) is 0.891. The molecule has 3 fully saturated rings. The smallest absolute Gasteiger partial charge is 0.246 e. The van der Waals surface area contributed by atoms with Gasteiger partial charge in [-0.1, -0.05) is 42.1 Å². The summed E-state index contributed by atoms with van der Waals surface area (Å²) < 4.78 is 0. The summed E-state index contributed by atoms with van der Waals surface area (Å²) in [5.41, 5.74) is 1.23. The molecular weight excluding hydrogens is 461 g/mol. The van der Waals surface area contributed by atoms with Crippen molar-refractivity contribution >= 4 is 47.0 Å². The zero-order valence-electron chi connectivity index (χ0n) is 18.9. The molecule has 1 aromatic carbocycles. The molecule has 0 unspecified atom stereocenters. The molecule has 0 bridgehead atoms. The van der Waals surface area contributed by atoms with Crippen molar-refractivity contribution in [3.63, 3.8) is 0 Å². The fraction of sp³-hybridized carbons (Fsp3) is 0.560. The van der Waals surface area contributed by atoms with Gasteiger partial charge in [-0.25, -0.2) is 0 Å². The summed E-state index contributed by atoms with van der Waals surface area (Å²) in [6.45, 7) is 2.82. The van der Waals surface area contributed by atoms with E-state index in [0.717, 1.165) is 31.5 Å². The average Bonchev–Trinajstić information content (AvgIpc) is 3.18. The van der Waals surface area contributed by atoms with E-state index in [2.05, 4.69) is 0 Å². The highest BCUT2D eigenvalue weighted by atomic mass is 35.5. The Morgan fingerprint density at radius 2 is 1.64 bits per heavy atom. The number of nitrogens with zero attached hydrogens (tertiary/aromatic N) is 3. The monoisotopic (exact) mass is 491 g/mol. The molecule has 0 atom stereocenters. The third-order valence-corrected chi connectivity index (χ3v) is 8.17. The minimum Gasteiger partial charge on any atom is -0.341 e. The number of halogens is 2. The number of amides is 3. The third-order valence-electron chi connectivity index (χ3n) is 7.43. The van der Waals surface area contributed by atoms with Gasteiger partial charge in [0.25, 0.3) is 0 Å². The van der Waals surface area contributed by atoms with Gasteiger partial charge in [-0.05, 0) is 54.9 Å². The van der Waals surface area contributed by atoms with Crippen molar-refractivity contribution in [1.29, 1.82) is 0 Å². The molecule has 1 spiro atoms. The second-order valence-corrected chi connectivity index (χ2v) is 10.3. The molecule has 1 aromatic rings. The zero-order chi connectivity index (χ0) is 23.4. The number of hydrogen-bond acceptors (Lipinski definition) is 3. The van der Waals surface area contributed by atoms with Gasteiger partial charge in [0.05, 0.1) is 16.6 Å². The van der Waals surface area contributed by atoms with Crippen LogP contribution in [0, 0.1) is 5.41 Å². The lowest BCUT2D eigenvalue weighted by molar-refractivity contribution is -0.141. The molecule has 3 aliphatic rings. The second-order valence-electron chi connectivity index (χ2n) is 9.49. The van der Waals surface area contributed by atoms with Crippen LogP contribution < -0.4 is 0 Å². The predicted molar refractivity (Wildman–Crippen MR) is 130 cm³/mol. The fourth-order valence-electron chi connectivity index (χ4n) is 5.26. The molecule has 1 aliphatic carbocycles. The largest absolute Gasteiger partial charge is 0.341 e. The van der Waals surface area contributed by atoms with Crippen LogP contribution in [0.5, 0.6) is 0 Å². The Kier molecular flexibility index (Phi) is 7.65. The third kappa shape index (κ3) is 5.90. The molecule has 2 aliphatic heterocycles. The van der Waals surface area contributed by atoms with Gasteiger partial charge in [0, 0.05) is 45.2 Å². The highest BCUT2D eigenvalue weighted by molar-refractivity contribution is 6.42. The van der Waals surface area contributed by atoms with Crippen LogP contribution in [-0.2, 0) is 14.4 Å². The summed E-state index contributed by atoms with van der Waals surface area (Å²) in [4.78, 5) is 43.3. The Labute approximate surface area is 205 Å². The molecule has 3 amide bonds. The van der Waals surface area contributed by atoms with Crippen LogP contribution in [0.4, 0.5) is 0 Å². The first-order chi connectivity index (χ1) is 15.8. The van der Waals surface area contributed by atoms with E-state index in [1.807, 2.05) is 4.90 Å². The van der Waals surface area contributed by atoms with E-state index in [1.54, 1.807) is 34.1 Å². The quantitative estimate of drug-likeness (QED) is 0.591. The van der Waals surface area contributed by atoms with E-state index >= 15 is 0 Å². The molecule has 0 N–H and O–H groups in total. The summed E-state index contributed by atoms with van der Waals surface area (Å²) in [6, 6.07) is 5.16. The van der Waals surface area contributed by atoms with Crippen LogP contribution in [0.3, 0.4) is 0 Å². The van der Waals surface area contributed by atoms with E-state index in [4.69, 9.17) is 23.2 Å². The number of carbonyl (C=O) groups excluding carboxylic acids is 3. The van der Waals surface area contributed by atoms with E-state index in [0.29, 0.717) is 35.1 Å². The first-order valence-corrected chi connectivity index (χ1v) is 12.6. The van der Waals surface area contributed by atoms with Gasteiger partial charge >= 0.3 is 0 Å². The number of rotatable bonds is 4. The normalized spacial score (nSPS) is 21.2. The average molecular weight is 492 g/mol. The summed E-state index contributed by atoms with van der Waals surface area (Å²) in [7, 11) is 0. The molecule has 178 valence electrons. The van der Waals surface area contributed by atoms with Gasteiger partial charge in [-0.3, -0.25) is 14.4 Å². The number of carbonyl (C=O) groups is 3. The van der Waals surface area contributed by atoms with Crippen LogP contribution >= 0.6 is 23.2 Å². The molecule has 1 saturated carbocycles. The maximum atomic E-state index is 12.9. The van der Waals surface area contributed by atoms with Crippen LogP contribution in [0.2, 0.25) is 10.0 Å². The molecule has 4 rings (SSSR count). The summed E-state index contributed by atoms with van der Waals surface area (Å²) in [6.07, 6.45) is 10.8. The Morgan fingerprint density at radius 1 is 0.909 bits per heavy atom. The lowest BCUT2D eigenvalue weighted by Crippen LogP contribution is -2.48. The summed E-state index contributed by atoms with van der Waals surface area (Å²) >= 11 is 12.0. The van der Waals surface area contributed by atoms with Crippen molar-refractivity contribution in [3.8, 4) is 0 Å². The van der Waals surface area contributed by atoms with E-state index in [9.17, 15) is 14.4 Å². The van der Waals surface area contributed by atoms with Crippen molar-refractivity contribution < 1.29 is 14.4 Å². The van der Waals surface area contributed by atoms with Crippen LogP contribution in [0.15, 0.2) is 24.3 Å². The van der Waals surface area contributed by atoms with Crippen LogP contribution in [0.1, 0.15) is 50.5 Å². The van der Waals surface area contributed by atoms with Gasteiger partial charge in [0.15, 0.2) is 0 Å². The van der Waals surface area contributed by atoms with Crippen LogP contribution in [0.25, 0.3) is 6.08 Å². The lowest BCUT2D eigenvalue weighted by Gasteiger charge is -2.40. The standard InChI is InChI=1S/C25H31Cl2N3O3/c26-20-5-3-19(17-21(20)27)4-6-22(31)28-12-7-23(32)30(16-15-28)18-24(33)29-13-10-25(11-14-29)8-1-2-9-25/h3-6,17H,1-2,7-16,18H2/b6-4+. The topological polar surface area (TPSA) is 60.9 Å². The maximum Gasteiger partial charge on any atom is 0.246 e. The Balaban J connectivity index is 1.28. The van der Waals surface area contributed by atoms with Crippen molar-refractivity contribution in [1.82, 2.24) is 14.7 Å². The number of piperidine rings is 1. The zero-order valence-corrected chi connectivity index (χ0v) is 20.4. The van der Waals surface area contributed by atoms with E-state index in [1.165, 1.54) is 31.8 Å². The number of benzene rings is 1. The van der Waals surface area contributed by atoms with Gasteiger partial charge in [0.1, 0.15) is 0 Å². The van der Waals surface area contributed by atoms with Crippen molar-refractivity contribution in [2.45, 2.75) is 44.9 Å². The Hall–Kier alpha value is -2.05. The van der Waals surface area contributed by atoms with Crippen molar-refractivity contribution in [2.75, 3.05) is 39.3 Å². The summed E-state index contributed by atoms with van der Waals surface area (Å²) in [5.74, 6) is -0.216. The molecular formula is C25H31Cl2N3O3. The van der Waals surface area contributed by atoms with Gasteiger partial charge in [0.2, 0.25) is 17.7 Å². The Morgan fingerprint density at radius 3 is 2.33 bits per heavy atom. The first kappa shape index (κ1) is 24.1. The first-order valence-electron chi connectivity index (χ1n) is 11.8.